The standard InChI is InChI=1S/C21H21N3O4/c1-28-18-5-3-2-4-14(18)10-13-19(25)23-24-21(27)16-8-11-17(12-9-16)22-20(26)15-6-7-15/h2-5,8-13,15H,6-7H2,1H3,(H,22,26)(H,23,25)(H,24,27). The van der Waals surface area contributed by atoms with Crippen LogP contribution in [0.25, 0.3) is 6.08 Å². The summed E-state index contributed by atoms with van der Waals surface area (Å²) in [6.45, 7) is 0. The van der Waals surface area contributed by atoms with Gasteiger partial charge in [0.1, 0.15) is 5.75 Å². The Labute approximate surface area is 162 Å². The maximum absolute atomic E-state index is 12.1. The lowest BCUT2D eigenvalue weighted by Crippen LogP contribution is -2.40. The molecular weight excluding hydrogens is 358 g/mol. The first-order valence-corrected chi connectivity index (χ1v) is 8.89. The summed E-state index contributed by atoms with van der Waals surface area (Å²) in [5, 5.41) is 2.80. The van der Waals surface area contributed by atoms with Crippen LogP contribution in [0.1, 0.15) is 28.8 Å². The molecule has 144 valence electrons. The van der Waals surface area contributed by atoms with Crippen molar-refractivity contribution in [2.45, 2.75) is 12.8 Å². The third kappa shape index (κ3) is 5.20. The summed E-state index contributed by atoms with van der Waals surface area (Å²) >= 11 is 0. The van der Waals surface area contributed by atoms with Crippen molar-refractivity contribution in [3.05, 3.63) is 65.7 Å². The molecule has 3 rings (SSSR count). The van der Waals surface area contributed by atoms with Gasteiger partial charge in [0.15, 0.2) is 0 Å². The minimum Gasteiger partial charge on any atom is -0.496 e. The first-order chi connectivity index (χ1) is 13.6. The smallest absolute Gasteiger partial charge is 0.269 e. The monoisotopic (exact) mass is 379 g/mol. The number of hydrazine groups is 1. The molecule has 3 N–H and O–H groups in total. The molecule has 0 unspecified atom stereocenters. The fraction of sp³-hybridized carbons (Fsp3) is 0.190. The van der Waals surface area contributed by atoms with Gasteiger partial charge in [-0.2, -0.15) is 0 Å². The van der Waals surface area contributed by atoms with Crippen LogP contribution in [-0.4, -0.2) is 24.8 Å². The summed E-state index contributed by atoms with van der Waals surface area (Å²) in [4.78, 5) is 35.7. The van der Waals surface area contributed by atoms with E-state index in [1.54, 1.807) is 43.5 Å². The van der Waals surface area contributed by atoms with E-state index in [0.29, 0.717) is 17.0 Å². The largest absolute Gasteiger partial charge is 0.496 e. The van der Waals surface area contributed by atoms with Crippen LogP contribution in [-0.2, 0) is 9.59 Å². The fourth-order valence-corrected chi connectivity index (χ4v) is 2.50. The molecular formula is C21H21N3O4. The van der Waals surface area contributed by atoms with Crippen LogP contribution >= 0.6 is 0 Å². The Morgan fingerprint density at radius 3 is 2.39 bits per heavy atom. The Morgan fingerprint density at radius 2 is 1.71 bits per heavy atom. The number of nitrogens with one attached hydrogen (secondary N) is 3. The molecule has 0 atom stereocenters. The molecule has 7 nitrogen and oxygen atoms in total. The minimum absolute atomic E-state index is 0.00583. The molecule has 0 spiro atoms. The topological polar surface area (TPSA) is 96.5 Å². The van der Waals surface area contributed by atoms with E-state index >= 15 is 0 Å². The summed E-state index contributed by atoms with van der Waals surface area (Å²) in [6, 6.07) is 13.7. The zero-order chi connectivity index (χ0) is 19.9. The van der Waals surface area contributed by atoms with Crippen molar-refractivity contribution >= 4 is 29.5 Å². The normalized spacial score (nSPS) is 13.0. The average molecular weight is 379 g/mol. The van der Waals surface area contributed by atoms with Crippen molar-refractivity contribution in [1.82, 2.24) is 10.9 Å². The van der Waals surface area contributed by atoms with Crippen LogP contribution in [0.2, 0.25) is 0 Å². The van der Waals surface area contributed by atoms with Crippen molar-refractivity contribution in [2.75, 3.05) is 12.4 Å². The van der Waals surface area contributed by atoms with Crippen LogP contribution in [0.5, 0.6) is 5.75 Å². The number of hydrogen-bond acceptors (Lipinski definition) is 4. The minimum atomic E-state index is -0.479. The highest BCUT2D eigenvalue weighted by Gasteiger charge is 2.29. The van der Waals surface area contributed by atoms with Gasteiger partial charge < -0.3 is 10.1 Å². The second-order valence-electron chi connectivity index (χ2n) is 6.36. The van der Waals surface area contributed by atoms with E-state index in [-0.39, 0.29) is 11.8 Å². The molecule has 2 aromatic carbocycles. The Kier molecular flexibility index (Phi) is 6.06. The predicted octanol–water partition coefficient (Wildman–Crippen LogP) is 2.52. The van der Waals surface area contributed by atoms with E-state index in [4.69, 9.17) is 4.74 Å². The van der Waals surface area contributed by atoms with Crippen LogP contribution in [0.15, 0.2) is 54.6 Å². The molecule has 1 saturated carbocycles. The first kappa shape index (κ1) is 19.2. The van der Waals surface area contributed by atoms with E-state index in [9.17, 15) is 14.4 Å². The third-order valence-corrected chi connectivity index (χ3v) is 4.22. The molecule has 0 radical (unpaired) electrons. The maximum atomic E-state index is 12.1. The van der Waals surface area contributed by atoms with E-state index in [1.807, 2.05) is 18.2 Å². The lowest BCUT2D eigenvalue weighted by atomic mass is 10.2. The number of amides is 3. The number of rotatable bonds is 6. The molecule has 3 amide bonds. The van der Waals surface area contributed by atoms with E-state index in [2.05, 4.69) is 16.2 Å². The van der Waals surface area contributed by atoms with Gasteiger partial charge in [0.05, 0.1) is 7.11 Å². The molecule has 1 aliphatic carbocycles. The highest BCUT2D eigenvalue weighted by molar-refractivity contribution is 5.99. The van der Waals surface area contributed by atoms with Gasteiger partial charge in [0.2, 0.25) is 5.91 Å². The number of methoxy groups -OCH3 is 1. The number of anilines is 1. The number of hydrogen-bond donors (Lipinski definition) is 3. The van der Waals surface area contributed by atoms with E-state index < -0.39 is 11.8 Å². The number of carbonyl (C=O) groups is 3. The molecule has 1 aliphatic rings. The van der Waals surface area contributed by atoms with Crippen LogP contribution < -0.4 is 20.9 Å². The summed E-state index contributed by atoms with van der Waals surface area (Å²) in [7, 11) is 1.55. The Hall–Kier alpha value is -3.61. The van der Waals surface area contributed by atoms with E-state index in [1.165, 1.54) is 6.08 Å². The Morgan fingerprint density at radius 1 is 1.00 bits per heavy atom. The quantitative estimate of drug-likeness (QED) is 0.531. The molecule has 0 aliphatic heterocycles. The highest BCUT2D eigenvalue weighted by Crippen LogP contribution is 2.30. The highest BCUT2D eigenvalue weighted by atomic mass is 16.5. The lowest BCUT2D eigenvalue weighted by Gasteiger charge is -2.07. The van der Waals surface area contributed by atoms with Crippen molar-refractivity contribution < 1.29 is 19.1 Å². The van der Waals surface area contributed by atoms with Crippen molar-refractivity contribution in [1.29, 1.82) is 0 Å². The van der Waals surface area contributed by atoms with Crippen molar-refractivity contribution in [2.24, 2.45) is 5.92 Å². The molecule has 0 bridgehead atoms. The van der Waals surface area contributed by atoms with Gasteiger partial charge >= 0.3 is 0 Å². The van der Waals surface area contributed by atoms with Gasteiger partial charge in [-0.05, 0) is 49.2 Å². The number of benzene rings is 2. The molecule has 0 aromatic heterocycles. The predicted molar refractivity (Wildman–Crippen MR) is 105 cm³/mol. The Bertz CT molecular complexity index is 902. The number of ether oxygens (including phenoxy) is 1. The second-order valence-corrected chi connectivity index (χ2v) is 6.36. The zero-order valence-corrected chi connectivity index (χ0v) is 15.4. The summed E-state index contributed by atoms with van der Waals surface area (Å²) in [5.41, 5.74) is 6.41. The molecule has 0 saturated heterocycles. The van der Waals surface area contributed by atoms with Gasteiger partial charge in [-0.3, -0.25) is 25.2 Å². The Balaban J connectivity index is 1.49. The summed E-state index contributed by atoms with van der Waals surface area (Å²) in [5.74, 6) is -0.176. The SMILES string of the molecule is COc1ccccc1C=CC(=O)NNC(=O)c1ccc(NC(=O)C2CC2)cc1. The first-order valence-electron chi connectivity index (χ1n) is 8.89. The van der Waals surface area contributed by atoms with Crippen LogP contribution in [0.3, 0.4) is 0 Å². The maximum Gasteiger partial charge on any atom is 0.269 e. The van der Waals surface area contributed by atoms with Crippen LogP contribution in [0.4, 0.5) is 5.69 Å². The van der Waals surface area contributed by atoms with Crippen molar-refractivity contribution in [3.8, 4) is 5.75 Å². The molecule has 1 fully saturated rings. The van der Waals surface area contributed by atoms with Crippen LogP contribution in [0, 0.1) is 5.92 Å². The zero-order valence-electron chi connectivity index (χ0n) is 15.4. The van der Waals surface area contributed by atoms with Gasteiger partial charge in [-0.1, -0.05) is 18.2 Å². The molecule has 0 heterocycles. The second kappa shape index (κ2) is 8.85. The van der Waals surface area contributed by atoms with Gasteiger partial charge in [-0.25, -0.2) is 0 Å². The molecule has 28 heavy (non-hydrogen) atoms. The molecule has 7 heteroatoms. The average Bonchev–Trinajstić information content (AvgIpc) is 3.56. The summed E-state index contributed by atoms with van der Waals surface area (Å²) in [6.07, 6.45) is 4.75. The van der Waals surface area contributed by atoms with Gasteiger partial charge in [0.25, 0.3) is 11.8 Å². The lowest BCUT2D eigenvalue weighted by molar-refractivity contribution is -0.118. The van der Waals surface area contributed by atoms with Crippen molar-refractivity contribution in [3.63, 3.8) is 0 Å². The third-order valence-electron chi connectivity index (χ3n) is 4.22. The van der Waals surface area contributed by atoms with E-state index in [0.717, 1.165) is 18.4 Å². The number of carbonyl (C=O) groups excluding carboxylic acids is 3. The number of para-hydroxylation sites is 1. The summed E-state index contributed by atoms with van der Waals surface area (Å²) < 4.78 is 5.20. The fourth-order valence-electron chi connectivity index (χ4n) is 2.50. The van der Waals surface area contributed by atoms with Gasteiger partial charge in [-0.15, -0.1) is 0 Å². The van der Waals surface area contributed by atoms with Gasteiger partial charge in [0, 0.05) is 28.8 Å². The molecule has 2 aromatic rings.